The van der Waals surface area contributed by atoms with Crippen LogP contribution in [0.5, 0.6) is 0 Å². The Morgan fingerprint density at radius 3 is 1.37 bits per heavy atom. The summed E-state index contributed by atoms with van der Waals surface area (Å²) in [5.74, 6) is -0.218. The van der Waals surface area contributed by atoms with Gasteiger partial charge in [-0.3, -0.25) is 4.79 Å². The summed E-state index contributed by atoms with van der Waals surface area (Å²) in [4.78, 5) is 13.0. The monoisotopic (exact) mass is 972 g/mol. The highest BCUT2D eigenvalue weighted by molar-refractivity contribution is 5.76. The molecule has 0 aromatic rings. The smallest absolute Gasteiger partial charge is 0.220 e. The van der Waals surface area contributed by atoms with Crippen LogP contribution in [0.1, 0.15) is 174 Å². The van der Waals surface area contributed by atoms with Crippen LogP contribution < -0.4 is 5.32 Å². The second kappa shape index (κ2) is 48.7. The van der Waals surface area contributed by atoms with Crippen molar-refractivity contribution in [2.75, 3.05) is 13.2 Å². The van der Waals surface area contributed by atoms with Crippen molar-refractivity contribution in [2.45, 2.75) is 217 Å². The number of aliphatic hydroxyl groups is 5. The molecule has 394 valence electrons. The van der Waals surface area contributed by atoms with Gasteiger partial charge in [-0.05, 0) is 116 Å². The van der Waals surface area contributed by atoms with E-state index >= 15 is 0 Å². The fourth-order valence-electron chi connectivity index (χ4n) is 7.35. The van der Waals surface area contributed by atoms with E-state index in [4.69, 9.17) is 9.47 Å². The van der Waals surface area contributed by atoms with Gasteiger partial charge in [-0.15, -0.1) is 0 Å². The van der Waals surface area contributed by atoms with Gasteiger partial charge in [-0.1, -0.05) is 198 Å². The van der Waals surface area contributed by atoms with E-state index in [0.29, 0.717) is 12.8 Å². The summed E-state index contributed by atoms with van der Waals surface area (Å²) >= 11 is 0. The number of amides is 1. The van der Waals surface area contributed by atoms with E-state index in [2.05, 4.69) is 153 Å². The van der Waals surface area contributed by atoms with E-state index < -0.39 is 49.5 Å². The topological polar surface area (TPSA) is 149 Å². The Bertz CT molecular complexity index is 1600. The lowest BCUT2D eigenvalue weighted by Crippen LogP contribution is -2.60. The van der Waals surface area contributed by atoms with Gasteiger partial charge >= 0.3 is 0 Å². The molecule has 1 heterocycles. The maximum atomic E-state index is 13.0. The van der Waals surface area contributed by atoms with Crippen LogP contribution in [-0.2, 0) is 14.3 Å². The number of rotatable bonds is 43. The minimum Gasteiger partial charge on any atom is -0.394 e. The summed E-state index contributed by atoms with van der Waals surface area (Å²) in [5.41, 5.74) is 0. The van der Waals surface area contributed by atoms with Gasteiger partial charge in [-0.25, -0.2) is 0 Å². The number of aliphatic hydroxyl groups excluding tert-OH is 5. The molecule has 9 nitrogen and oxygen atoms in total. The van der Waals surface area contributed by atoms with Gasteiger partial charge in [0, 0.05) is 6.42 Å². The molecule has 0 bridgehead atoms. The van der Waals surface area contributed by atoms with Crippen molar-refractivity contribution in [1.29, 1.82) is 0 Å². The molecule has 1 saturated heterocycles. The van der Waals surface area contributed by atoms with Crippen molar-refractivity contribution in [1.82, 2.24) is 5.32 Å². The molecule has 70 heavy (non-hydrogen) atoms. The average Bonchev–Trinajstić information content (AvgIpc) is 3.36. The summed E-state index contributed by atoms with van der Waals surface area (Å²) in [7, 11) is 0. The van der Waals surface area contributed by atoms with Gasteiger partial charge in [0.15, 0.2) is 6.29 Å². The molecule has 0 aromatic heterocycles. The first-order chi connectivity index (χ1) is 34.3. The quantitative estimate of drug-likeness (QED) is 0.0261. The summed E-state index contributed by atoms with van der Waals surface area (Å²) in [6, 6.07) is -0.850. The largest absolute Gasteiger partial charge is 0.394 e. The third kappa shape index (κ3) is 37.8. The van der Waals surface area contributed by atoms with E-state index in [9.17, 15) is 30.3 Å². The lowest BCUT2D eigenvalue weighted by molar-refractivity contribution is -0.302. The molecular weight excluding hydrogens is 875 g/mol. The molecule has 1 fully saturated rings. The van der Waals surface area contributed by atoms with Crippen LogP contribution >= 0.6 is 0 Å². The zero-order chi connectivity index (χ0) is 50.8. The molecule has 7 unspecified atom stereocenters. The van der Waals surface area contributed by atoms with E-state index in [1.54, 1.807) is 6.08 Å². The minimum absolute atomic E-state index is 0.218. The van der Waals surface area contributed by atoms with Crippen molar-refractivity contribution >= 4 is 5.91 Å². The number of ether oxygens (including phenoxy) is 2. The first-order valence-corrected chi connectivity index (χ1v) is 27.1. The van der Waals surface area contributed by atoms with Gasteiger partial charge in [0.05, 0.1) is 25.4 Å². The van der Waals surface area contributed by atoms with Crippen molar-refractivity contribution in [3.8, 4) is 0 Å². The molecule has 1 amide bonds. The molecule has 0 aromatic carbocycles. The minimum atomic E-state index is -1.59. The third-order valence-electron chi connectivity index (χ3n) is 11.6. The number of unbranched alkanes of at least 4 members (excludes halogenated alkanes) is 11. The van der Waals surface area contributed by atoms with Gasteiger partial charge in [0.2, 0.25) is 5.91 Å². The van der Waals surface area contributed by atoms with Crippen molar-refractivity contribution in [3.63, 3.8) is 0 Å². The Kier molecular flexibility index (Phi) is 44.6. The first-order valence-electron chi connectivity index (χ1n) is 27.1. The second-order valence-electron chi connectivity index (χ2n) is 17.9. The number of allylic oxidation sites excluding steroid dienone is 23. The second-order valence-corrected chi connectivity index (χ2v) is 17.9. The lowest BCUT2D eigenvalue weighted by atomic mass is 9.99. The van der Waals surface area contributed by atoms with Gasteiger partial charge < -0.3 is 40.3 Å². The Labute approximate surface area is 425 Å². The Morgan fingerprint density at radius 1 is 0.500 bits per heavy atom. The molecule has 9 heteroatoms. The van der Waals surface area contributed by atoms with Crippen LogP contribution in [0.2, 0.25) is 0 Å². The average molecular weight is 972 g/mol. The predicted octanol–water partition coefficient (Wildman–Crippen LogP) is 13.1. The van der Waals surface area contributed by atoms with E-state index in [-0.39, 0.29) is 12.5 Å². The van der Waals surface area contributed by atoms with Crippen LogP contribution in [0.25, 0.3) is 0 Å². The zero-order valence-electron chi connectivity index (χ0n) is 43.5. The van der Waals surface area contributed by atoms with Crippen molar-refractivity contribution in [2.24, 2.45) is 0 Å². The van der Waals surface area contributed by atoms with Crippen molar-refractivity contribution in [3.05, 3.63) is 146 Å². The molecule has 0 saturated carbocycles. The summed E-state index contributed by atoms with van der Waals surface area (Å²) in [5, 5.41) is 54.3. The first kappa shape index (κ1) is 64.1. The van der Waals surface area contributed by atoms with Crippen LogP contribution in [0, 0.1) is 0 Å². The Hall–Kier alpha value is -3.93. The Morgan fingerprint density at radius 2 is 0.900 bits per heavy atom. The molecular formula is C61H97NO8. The number of nitrogens with one attached hydrogen (secondary N) is 1. The highest BCUT2D eigenvalue weighted by atomic mass is 16.7. The summed E-state index contributed by atoms with van der Waals surface area (Å²) < 4.78 is 11.2. The molecule has 1 aliphatic heterocycles. The maximum Gasteiger partial charge on any atom is 0.220 e. The van der Waals surface area contributed by atoms with Crippen molar-refractivity contribution < 1.29 is 39.8 Å². The van der Waals surface area contributed by atoms with E-state index in [1.807, 2.05) is 6.08 Å². The number of carbonyl (C=O) groups is 1. The summed E-state index contributed by atoms with van der Waals surface area (Å²) in [6.45, 7) is 3.58. The number of hydrogen-bond donors (Lipinski definition) is 6. The Balaban J connectivity index is 2.28. The van der Waals surface area contributed by atoms with Crippen LogP contribution in [0.15, 0.2) is 146 Å². The maximum absolute atomic E-state index is 13.0. The standard InChI is InChI=1S/C61H97NO8/c1-3-5-7-9-11-13-15-17-19-20-21-22-23-24-25-26-27-28-29-30-31-32-33-34-35-36-37-39-41-43-45-47-49-51-57(65)62-54(53-69-61-60(68)59(67)58(66)56(52-63)70-61)55(64)50-48-46-44-42-40-38-18-16-14-12-10-8-6-4-2/h5,7,11,13-14,16-17,19,21-22,24-25,27-28,30-31,33-34,36-37,40,42,48,50,54-56,58-61,63-64,66-68H,3-4,6,8-10,12,15,18,20,23,26,29,32,35,38-39,41,43-47,49,51-53H2,1-2H3,(H,62,65)/b7-5-,13-11-,16-14+,19-17-,22-21-,25-24-,28-27-,31-30-,34-33-,37-36-,42-40+,50-48+. The molecule has 1 aliphatic rings. The fourth-order valence-corrected chi connectivity index (χ4v) is 7.35. The molecule has 6 N–H and O–H groups in total. The van der Waals surface area contributed by atoms with E-state index in [0.717, 1.165) is 122 Å². The van der Waals surface area contributed by atoms with Crippen LogP contribution in [-0.4, -0.2) is 87.5 Å². The molecule has 0 radical (unpaired) electrons. The highest BCUT2D eigenvalue weighted by Gasteiger charge is 2.44. The van der Waals surface area contributed by atoms with Gasteiger partial charge in [0.1, 0.15) is 24.4 Å². The van der Waals surface area contributed by atoms with Gasteiger partial charge in [-0.2, -0.15) is 0 Å². The van der Waals surface area contributed by atoms with Gasteiger partial charge in [0.25, 0.3) is 0 Å². The van der Waals surface area contributed by atoms with Crippen LogP contribution in [0.4, 0.5) is 0 Å². The SMILES string of the molecule is CC/C=C\C/C=C\C/C=C\C/C=C\C/C=C\C/C=C\C/C=C\C/C=C\C/C=C\CCCCCCCC(=O)NC(COC1OC(CO)C(O)C(O)C1O)C(O)/C=C/CC/C=C/CC/C=C/CCCCCC. The van der Waals surface area contributed by atoms with E-state index in [1.165, 1.54) is 25.7 Å². The fraction of sp³-hybridized carbons (Fsp3) is 0.590. The zero-order valence-corrected chi connectivity index (χ0v) is 43.5. The molecule has 7 atom stereocenters. The molecule has 0 aliphatic carbocycles. The number of carbonyl (C=O) groups excluding carboxylic acids is 1. The summed E-state index contributed by atoms with van der Waals surface area (Å²) in [6.07, 6.45) is 69.0. The highest BCUT2D eigenvalue weighted by Crippen LogP contribution is 2.22. The lowest BCUT2D eigenvalue weighted by Gasteiger charge is -2.40. The molecule has 0 spiro atoms. The molecule has 1 rings (SSSR count). The van der Waals surface area contributed by atoms with Crippen LogP contribution in [0.3, 0.4) is 0 Å². The number of hydrogen-bond acceptors (Lipinski definition) is 8. The third-order valence-corrected chi connectivity index (χ3v) is 11.6. The normalized spacial score (nSPS) is 20.6. The predicted molar refractivity (Wildman–Crippen MR) is 294 cm³/mol.